The molecule has 19 heavy (non-hydrogen) atoms. The van der Waals surface area contributed by atoms with Gasteiger partial charge in [-0.15, -0.1) is 0 Å². The van der Waals surface area contributed by atoms with Gasteiger partial charge in [0.15, 0.2) is 0 Å². The summed E-state index contributed by atoms with van der Waals surface area (Å²) in [5.41, 5.74) is -3.84. The van der Waals surface area contributed by atoms with Crippen LogP contribution in [0.15, 0.2) is 23.1 Å². The summed E-state index contributed by atoms with van der Waals surface area (Å²) in [6.45, 7) is 1.98. The number of hydrogen-bond acceptors (Lipinski definition) is 3. The first-order valence-electron chi connectivity index (χ1n) is 5.45. The van der Waals surface area contributed by atoms with E-state index in [2.05, 4.69) is 15.9 Å². The van der Waals surface area contributed by atoms with Crippen LogP contribution in [0.3, 0.4) is 0 Å². The van der Waals surface area contributed by atoms with Crippen LogP contribution in [-0.4, -0.2) is 23.2 Å². The molecule has 1 aromatic rings. The van der Waals surface area contributed by atoms with E-state index in [0.717, 1.165) is 0 Å². The molecule has 0 aliphatic rings. The number of hydrogen-bond donors (Lipinski definition) is 0. The average Bonchev–Trinajstić information content (AvgIpc) is 2.30. The molecule has 0 unspecified atom stereocenters. The second-order valence-electron chi connectivity index (χ2n) is 3.61. The maximum atomic E-state index is 12.5. The first-order chi connectivity index (χ1) is 8.85. The Balaban J connectivity index is 3.00. The molecule has 0 atom stereocenters. The zero-order chi connectivity index (χ0) is 14.5. The summed E-state index contributed by atoms with van der Waals surface area (Å²) in [7, 11) is 0. The normalized spacial score (nSPS) is 11.4. The summed E-state index contributed by atoms with van der Waals surface area (Å²) in [5, 5.41) is 0.182. The summed E-state index contributed by atoms with van der Waals surface area (Å²) >= 11 is 2.79. The number of halogens is 4. The topological polar surface area (TPSA) is 26.3 Å². The Morgan fingerprint density at radius 2 is 2.11 bits per heavy atom. The Morgan fingerprint density at radius 3 is 2.63 bits per heavy atom. The van der Waals surface area contributed by atoms with E-state index in [-0.39, 0.29) is 46.5 Å². The summed E-state index contributed by atoms with van der Waals surface area (Å²) in [5.74, 6) is 0.0898. The average molecular weight is 357 g/mol. The Bertz CT molecular complexity index is 449. The van der Waals surface area contributed by atoms with Gasteiger partial charge in [-0.1, -0.05) is 22.0 Å². The SMILES string of the molecule is CCOc1ccc(CC(=O)CBr)cc1SC(F)(F)F. The molecule has 0 radical (unpaired) electrons. The molecule has 106 valence electrons. The molecule has 1 aromatic carbocycles. The van der Waals surface area contributed by atoms with E-state index in [1.165, 1.54) is 12.1 Å². The van der Waals surface area contributed by atoms with Gasteiger partial charge in [-0.3, -0.25) is 4.79 Å². The van der Waals surface area contributed by atoms with E-state index < -0.39 is 5.51 Å². The molecule has 0 heterocycles. The maximum Gasteiger partial charge on any atom is 0.446 e. The number of benzene rings is 1. The van der Waals surface area contributed by atoms with Gasteiger partial charge in [0.1, 0.15) is 11.5 Å². The molecule has 0 aromatic heterocycles. The van der Waals surface area contributed by atoms with E-state index in [9.17, 15) is 18.0 Å². The van der Waals surface area contributed by atoms with Gasteiger partial charge in [0.05, 0.1) is 16.8 Å². The molecule has 0 amide bonds. The van der Waals surface area contributed by atoms with Crippen LogP contribution in [0.4, 0.5) is 13.2 Å². The standard InChI is InChI=1S/C12H12BrF3O2S/c1-2-18-10-4-3-8(5-9(17)7-13)6-11(10)19-12(14,15)16/h3-4,6H,2,5,7H2,1H3. The second kappa shape index (κ2) is 7.19. The van der Waals surface area contributed by atoms with Gasteiger partial charge in [0.25, 0.3) is 0 Å². The molecule has 2 nitrogen and oxygen atoms in total. The number of carbonyl (C=O) groups is 1. The molecule has 0 saturated carbocycles. The number of ether oxygens (including phenoxy) is 1. The lowest BCUT2D eigenvalue weighted by atomic mass is 10.1. The van der Waals surface area contributed by atoms with Gasteiger partial charge in [0.2, 0.25) is 0 Å². The van der Waals surface area contributed by atoms with Gasteiger partial charge in [0, 0.05) is 6.42 Å². The van der Waals surface area contributed by atoms with Crippen molar-refractivity contribution in [3.05, 3.63) is 23.8 Å². The van der Waals surface area contributed by atoms with Crippen molar-refractivity contribution in [3.63, 3.8) is 0 Å². The number of ketones is 1. The third-order valence-electron chi connectivity index (χ3n) is 2.08. The minimum atomic E-state index is -4.39. The van der Waals surface area contributed by atoms with Gasteiger partial charge in [-0.25, -0.2) is 0 Å². The number of rotatable bonds is 6. The Morgan fingerprint density at radius 1 is 1.42 bits per heavy atom. The molecule has 7 heteroatoms. The van der Waals surface area contributed by atoms with Crippen LogP contribution in [0, 0.1) is 0 Å². The van der Waals surface area contributed by atoms with Gasteiger partial charge in [-0.2, -0.15) is 13.2 Å². The zero-order valence-corrected chi connectivity index (χ0v) is 12.5. The Labute approximate surface area is 121 Å². The van der Waals surface area contributed by atoms with Crippen LogP contribution in [-0.2, 0) is 11.2 Å². The lowest BCUT2D eigenvalue weighted by Gasteiger charge is -2.13. The van der Waals surface area contributed by atoms with Crippen LogP contribution < -0.4 is 4.74 Å². The molecule has 0 aliphatic heterocycles. The summed E-state index contributed by atoms with van der Waals surface area (Å²) in [4.78, 5) is 11.3. The minimum Gasteiger partial charge on any atom is -0.493 e. The fourth-order valence-corrected chi connectivity index (χ4v) is 2.30. The van der Waals surface area contributed by atoms with Crippen LogP contribution in [0.25, 0.3) is 0 Å². The third-order valence-corrected chi connectivity index (χ3v) is 3.48. The lowest BCUT2D eigenvalue weighted by Crippen LogP contribution is -2.05. The molecule has 0 saturated heterocycles. The number of alkyl halides is 4. The highest BCUT2D eigenvalue weighted by Crippen LogP contribution is 2.41. The minimum absolute atomic E-state index is 0.0192. The maximum absolute atomic E-state index is 12.5. The van der Waals surface area contributed by atoms with Crippen molar-refractivity contribution < 1.29 is 22.7 Å². The Hall–Kier alpha value is -0.690. The van der Waals surface area contributed by atoms with E-state index in [1.54, 1.807) is 13.0 Å². The van der Waals surface area contributed by atoms with Crippen molar-refractivity contribution in [2.24, 2.45) is 0 Å². The van der Waals surface area contributed by atoms with Crippen molar-refractivity contribution in [3.8, 4) is 5.75 Å². The molecule has 1 rings (SSSR count). The van der Waals surface area contributed by atoms with Crippen molar-refractivity contribution in [1.82, 2.24) is 0 Å². The molecule has 0 spiro atoms. The Kier molecular flexibility index (Phi) is 6.19. The largest absolute Gasteiger partial charge is 0.493 e. The zero-order valence-electron chi connectivity index (χ0n) is 10.1. The molecule has 0 bridgehead atoms. The van der Waals surface area contributed by atoms with E-state index in [1.807, 2.05) is 0 Å². The van der Waals surface area contributed by atoms with Crippen LogP contribution in [0.5, 0.6) is 5.75 Å². The monoisotopic (exact) mass is 356 g/mol. The third kappa shape index (κ3) is 5.86. The number of Topliss-reactive ketones (excluding diaryl/α,β-unsaturated/α-hetero) is 1. The van der Waals surface area contributed by atoms with Gasteiger partial charge in [-0.05, 0) is 36.4 Å². The first-order valence-corrected chi connectivity index (χ1v) is 7.38. The summed E-state index contributed by atoms with van der Waals surface area (Å²) in [6, 6.07) is 4.42. The van der Waals surface area contributed by atoms with Gasteiger partial charge < -0.3 is 4.74 Å². The van der Waals surface area contributed by atoms with E-state index in [4.69, 9.17) is 4.74 Å². The lowest BCUT2D eigenvalue weighted by molar-refractivity contribution is -0.115. The highest BCUT2D eigenvalue weighted by molar-refractivity contribution is 9.09. The fraction of sp³-hybridized carbons (Fsp3) is 0.417. The smallest absolute Gasteiger partial charge is 0.446 e. The van der Waals surface area contributed by atoms with Crippen LogP contribution in [0.2, 0.25) is 0 Å². The van der Waals surface area contributed by atoms with Crippen molar-refractivity contribution >= 4 is 33.5 Å². The van der Waals surface area contributed by atoms with Crippen molar-refractivity contribution in [2.45, 2.75) is 23.7 Å². The molecular formula is C12H12BrF3O2S. The van der Waals surface area contributed by atoms with Crippen LogP contribution in [0.1, 0.15) is 12.5 Å². The fourth-order valence-electron chi connectivity index (χ4n) is 1.42. The first kappa shape index (κ1) is 16.4. The summed E-state index contributed by atoms with van der Waals surface area (Å²) in [6.07, 6.45) is 0.100. The van der Waals surface area contributed by atoms with E-state index >= 15 is 0 Å². The molecule has 0 N–H and O–H groups in total. The highest BCUT2D eigenvalue weighted by Gasteiger charge is 2.31. The van der Waals surface area contributed by atoms with Gasteiger partial charge >= 0.3 is 5.51 Å². The van der Waals surface area contributed by atoms with Crippen LogP contribution >= 0.6 is 27.7 Å². The predicted octanol–water partition coefficient (Wildman–Crippen LogP) is 4.20. The highest BCUT2D eigenvalue weighted by atomic mass is 79.9. The second-order valence-corrected chi connectivity index (χ2v) is 5.28. The number of thioether (sulfide) groups is 1. The molecular weight excluding hydrogens is 345 g/mol. The number of carbonyl (C=O) groups excluding carboxylic acids is 1. The van der Waals surface area contributed by atoms with Crippen molar-refractivity contribution in [1.29, 1.82) is 0 Å². The summed E-state index contributed by atoms with van der Waals surface area (Å²) < 4.78 is 42.5. The van der Waals surface area contributed by atoms with E-state index in [0.29, 0.717) is 5.56 Å². The predicted molar refractivity (Wildman–Crippen MR) is 72.0 cm³/mol. The molecule has 0 aliphatic carbocycles. The van der Waals surface area contributed by atoms with Crippen molar-refractivity contribution in [2.75, 3.05) is 11.9 Å². The molecule has 0 fully saturated rings. The quantitative estimate of drug-likeness (QED) is 0.564.